The lowest BCUT2D eigenvalue weighted by atomic mass is 10.3. The number of aromatic nitrogens is 1. The Morgan fingerprint density at radius 3 is 2.73 bits per heavy atom. The van der Waals surface area contributed by atoms with Crippen molar-refractivity contribution in [2.45, 2.75) is 13.0 Å². The number of carbonyl (C=O) groups excluding carboxylic acids is 2. The normalized spacial score (nSPS) is 11.9. The molecule has 1 aromatic heterocycles. The molecule has 1 atom stereocenters. The maximum Gasteiger partial charge on any atom is 0.328 e. The summed E-state index contributed by atoms with van der Waals surface area (Å²) in [5, 5.41) is 2.51. The van der Waals surface area contributed by atoms with Gasteiger partial charge in [0.25, 0.3) is 5.91 Å². The van der Waals surface area contributed by atoms with Gasteiger partial charge in [-0.15, -0.1) is 0 Å². The van der Waals surface area contributed by atoms with Gasteiger partial charge in [0.15, 0.2) is 0 Å². The standard InChI is InChI=1S/C9H11IN2O3/c1-5(9(14)15-2)12-8(13)7-3-6(10)4-11-7/h3-5,11H,1-2H3,(H,12,13)/t5-/m1/s1. The minimum atomic E-state index is -0.650. The van der Waals surface area contributed by atoms with Crippen LogP contribution < -0.4 is 5.32 Å². The molecule has 1 rings (SSSR count). The quantitative estimate of drug-likeness (QED) is 0.642. The molecule has 0 aromatic carbocycles. The molecule has 5 nitrogen and oxygen atoms in total. The third-order valence-corrected chi connectivity index (χ3v) is 2.42. The van der Waals surface area contributed by atoms with Gasteiger partial charge in [-0.1, -0.05) is 0 Å². The molecule has 0 aliphatic heterocycles. The van der Waals surface area contributed by atoms with E-state index >= 15 is 0 Å². The second-order valence-electron chi connectivity index (χ2n) is 2.95. The van der Waals surface area contributed by atoms with Crippen molar-refractivity contribution in [1.29, 1.82) is 0 Å². The summed E-state index contributed by atoms with van der Waals surface area (Å²) in [7, 11) is 1.28. The van der Waals surface area contributed by atoms with Gasteiger partial charge in [-0.3, -0.25) is 4.79 Å². The highest BCUT2D eigenvalue weighted by molar-refractivity contribution is 14.1. The molecule has 0 saturated heterocycles. The van der Waals surface area contributed by atoms with Gasteiger partial charge in [0, 0.05) is 9.77 Å². The van der Waals surface area contributed by atoms with Crippen LogP contribution in [0.25, 0.3) is 0 Å². The zero-order valence-electron chi connectivity index (χ0n) is 8.33. The maximum atomic E-state index is 11.5. The molecule has 15 heavy (non-hydrogen) atoms. The van der Waals surface area contributed by atoms with E-state index in [1.807, 2.05) is 0 Å². The van der Waals surface area contributed by atoms with Gasteiger partial charge in [0.2, 0.25) is 0 Å². The number of rotatable bonds is 3. The Balaban J connectivity index is 2.60. The summed E-state index contributed by atoms with van der Waals surface area (Å²) in [4.78, 5) is 25.4. The van der Waals surface area contributed by atoms with Crippen LogP contribution in [-0.4, -0.2) is 30.0 Å². The summed E-state index contributed by atoms with van der Waals surface area (Å²) in [5.41, 5.74) is 0.426. The second-order valence-corrected chi connectivity index (χ2v) is 4.20. The van der Waals surface area contributed by atoms with Crippen LogP contribution in [0.2, 0.25) is 0 Å². The Morgan fingerprint density at radius 2 is 2.27 bits per heavy atom. The van der Waals surface area contributed by atoms with Gasteiger partial charge in [-0.05, 0) is 35.6 Å². The van der Waals surface area contributed by atoms with E-state index in [2.05, 4.69) is 37.6 Å². The predicted octanol–water partition coefficient (Wildman–Crippen LogP) is 0.911. The van der Waals surface area contributed by atoms with E-state index in [0.717, 1.165) is 3.57 Å². The Hall–Kier alpha value is -1.05. The van der Waals surface area contributed by atoms with Crippen LogP contribution in [0, 0.1) is 3.57 Å². The van der Waals surface area contributed by atoms with Crippen LogP contribution >= 0.6 is 22.6 Å². The van der Waals surface area contributed by atoms with Crippen molar-refractivity contribution < 1.29 is 14.3 Å². The van der Waals surface area contributed by atoms with E-state index in [-0.39, 0.29) is 5.91 Å². The maximum absolute atomic E-state index is 11.5. The number of esters is 1. The molecule has 0 aliphatic carbocycles. The number of nitrogens with one attached hydrogen (secondary N) is 2. The molecule has 0 bridgehead atoms. The number of hydrogen-bond donors (Lipinski definition) is 2. The van der Waals surface area contributed by atoms with Crippen LogP contribution in [0.4, 0.5) is 0 Å². The number of amides is 1. The second kappa shape index (κ2) is 5.15. The molecule has 2 N–H and O–H groups in total. The number of carbonyl (C=O) groups is 2. The average molecular weight is 322 g/mol. The lowest BCUT2D eigenvalue weighted by Crippen LogP contribution is -2.39. The summed E-state index contributed by atoms with van der Waals surface area (Å²) in [6.45, 7) is 1.57. The van der Waals surface area contributed by atoms with Crippen molar-refractivity contribution in [2.24, 2.45) is 0 Å². The van der Waals surface area contributed by atoms with Crippen molar-refractivity contribution in [2.75, 3.05) is 7.11 Å². The third kappa shape index (κ3) is 3.22. The van der Waals surface area contributed by atoms with Gasteiger partial charge in [-0.2, -0.15) is 0 Å². The number of hydrogen-bond acceptors (Lipinski definition) is 3. The van der Waals surface area contributed by atoms with Crippen LogP contribution in [0.3, 0.4) is 0 Å². The first-order valence-corrected chi connectivity index (χ1v) is 5.35. The summed E-state index contributed by atoms with van der Waals surface area (Å²) < 4.78 is 5.42. The zero-order valence-corrected chi connectivity index (χ0v) is 10.5. The molecule has 1 amide bonds. The highest BCUT2D eigenvalue weighted by atomic mass is 127. The first kappa shape index (κ1) is 12.0. The van der Waals surface area contributed by atoms with Crippen LogP contribution in [0.1, 0.15) is 17.4 Å². The average Bonchev–Trinajstić information content (AvgIpc) is 2.63. The lowest BCUT2D eigenvalue weighted by Gasteiger charge is -2.10. The molecule has 0 saturated carbocycles. The van der Waals surface area contributed by atoms with E-state index in [1.165, 1.54) is 7.11 Å². The molecule has 1 aromatic rings. The molecule has 0 spiro atoms. The fourth-order valence-corrected chi connectivity index (χ4v) is 1.48. The Kier molecular flexibility index (Phi) is 4.13. The highest BCUT2D eigenvalue weighted by Gasteiger charge is 2.17. The van der Waals surface area contributed by atoms with Crippen LogP contribution in [-0.2, 0) is 9.53 Å². The Morgan fingerprint density at radius 1 is 1.60 bits per heavy atom. The Bertz CT molecular complexity index is 375. The summed E-state index contributed by atoms with van der Waals surface area (Å²) in [6.07, 6.45) is 1.71. The molecule has 6 heteroatoms. The number of halogens is 1. The molecular formula is C9H11IN2O3. The molecule has 82 valence electrons. The van der Waals surface area contributed by atoms with Gasteiger partial charge in [0.05, 0.1) is 7.11 Å². The van der Waals surface area contributed by atoms with Crippen LogP contribution in [0.15, 0.2) is 12.3 Å². The zero-order chi connectivity index (χ0) is 11.4. The molecule has 0 fully saturated rings. The minimum absolute atomic E-state index is 0.323. The monoisotopic (exact) mass is 322 g/mol. The molecule has 1 heterocycles. The number of aromatic amines is 1. The fourth-order valence-electron chi connectivity index (χ4n) is 1.01. The summed E-state index contributed by atoms with van der Waals surface area (Å²) in [5.74, 6) is -0.791. The summed E-state index contributed by atoms with van der Waals surface area (Å²) in [6, 6.07) is 1.04. The first-order valence-electron chi connectivity index (χ1n) is 4.27. The van der Waals surface area contributed by atoms with Crippen molar-refractivity contribution in [3.05, 3.63) is 21.5 Å². The van der Waals surface area contributed by atoms with Crippen molar-refractivity contribution in [3.8, 4) is 0 Å². The molecule has 0 aliphatic rings. The predicted molar refractivity (Wildman–Crippen MR) is 62.5 cm³/mol. The van der Waals surface area contributed by atoms with Crippen molar-refractivity contribution in [3.63, 3.8) is 0 Å². The number of methoxy groups -OCH3 is 1. The first-order chi connectivity index (χ1) is 7.04. The van der Waals surface area contributed by atoms with Crippen LogP contribution in [0.5, 0.6) is 0 Å². The highest BCUT2D eigenvalue weighted by Crippen LogP contribution is 2.06. The van der Waals surface area contributed by atoms with E-state index in [0.29, 0.717) is 5.69 Å². The summed E-state index contributed by atoms with van der Waals surface area (Å²) >= 11 is 2.09. The van der Waals surface area contributed by atoms with Gasteiger partial charge >= 0.3 is 5.97 Å². The number of ether oxygens (including phenoxy) is 1. The minimum Gasteiger partial charge on any atom is -0.467 e. The van der Waals surface area contributed by atoms with E-state index < -0.39 is 12.0 Å². The largest absolute Gasteiger partial charge is 0.467 e. The SMILES string of the molecule is COC(=O)[C@@H](C)NC(=O)c1cc(I)c[nH]1. The fraction of sp³-hybridized carbons (Fsp3) is 0.333. The van der Waals surface area contributed by atoms with Gasteiger partial charge in [-0.25, -0.2) is 4.79 Å². The van der Waals surface area contributed by atoms with Gasteiger partial charge in [0.1, 0.15) is 11.7 Å². The van der Waals surface area contributed by atoms with Crippen molar-refractivity contribution >= 4 is 34.5 Å². The van der Waals surface area contributed by atoms with E-state index in [9.17, 15) is 9.59 Å². The lowest BCUT2D eigenvalue weighted by molar-refractivity contribution is -0.142. The Labute approximate surface area is 101 Å². The third-order valence-electron chi connectivity index (χ3n) is 1.79. The molecule has 0 unspecified atom stereocenters. The topological polar surface area (TPSA) is 71.2 Å². The van der Waals surface area contributed by atoms with Crippen molar-refractivity contribution in [1.82, 2.24) is 10.3 Å². The molecule has 0 radical (unpaired) electrons. The van der Waals surface area contributed by atoms with E-state index in [1.54, 1.807) is 19.2 Å². The smallest absolute Gasteiger partial charge is 0.328 e. The molecular weight excluding hydrogens is 311 g/mol. The van der Waals surface area contributed by atoms with E-state index in [4.69, 9.17) is 0 Å². The van der Waals surface area contributed by atoms with Gasteiger partial charge < -0.3 is 15.0 Å². The number of H-pyrrole nitrogens is 1.